The largest absolute Gasteiger partial charge is 0.320 e. The van der Waals surface area contributed by atoms with Crippen LogP contribution in [0.2, 0.25) is 5.02 Å². The maximum absolute atomic E-state index is 13.2. The smallest absolute Gasteiger partial charge is 0.225 e. The topological polar surface area (TPSA) is 52.9 Å². The molecule has 25 heavy (non-hydrogen) atoms. The first-order valence-electron chi connectivity index (χ1n) is 7.63. The van der Waals surface area contributed by atoms with Gasteiger partial charge in [-0.25, -0.2) is 4.39 Å². The third-order valence-electron chi connectivity index (χ3n) is 3.92. The Kier molecular flexibility index (Phi) is 5.42. The summed E-state index contributed by atoms with van der Waals surface area (Å²) in [5.74, 6) is -0.239. The lowest BCUT2D eigenvalue weighted by atomic mass is 9.87. The fourth-order valence-corrected chi connectivity index (χ4v) is 3.81. The highest BCUT2D eigenvalue weighted by Crippen LogP contribution is 2.36. The molecular formula is C19H14ClFN2OS. The summed E-state index contributed by atoms with van der Waals surface area (Å²) in [6, 6.07) is 15.6. The summed E-state index contributed by atoms with van der Waals surface area (Å²) in [6.07, 6.45) is 0.180. The van der Waals surface area contributed by atoms with Gasteiger partial charge < -0.3 is 5.32 Å². The summed E-state index contributed by atoms with van der Waals surface area (Å²) < 4.78 is 13.2. The molecule has 126 valence electrons. The number of rotatable bonds is 4. The summed E-state index contributed by atoms with van der Waals surface area (Å²) in [6.45, 7) is 0. The van der Waals surface area contributed by atoms with E-state index < -0.39 is 0 Å². The van der Waals surface area contributed by atoms with Crippen LogP contribution in [-0.4, -0.2) is 5.91 Å². The Bertz CT molecular complexity index is 856. The second kappa shape index (κ2) is 7.73. The molecule has 1 amide bonds. The lowest BCUT2D eigenvalue weighted by Gasteiger charge is -2.25. The molecule has 1 atom stereocenters. The standard InChI is InChI=1S/C19H14ClFN2OS/c20-14-5-1-12(2-6-14)11-25-19-17(10-22)16(9-18(24)23-19)13-3-7-15(21)8-4-13/h1-8,16H,9,11H2,(H,23,24)/t16-/m1/s1. The third kappa shape index (κ3) is 4.22. The van der Waals surface area contributed by atoms with Crippen LogP contribution in [0.4, 0.5) is 4.39 Å². The number of benzene rings is 2. The number of carbonyl (C=O) groups excluding carboxylic acids is 1. The van der Waals surface area contributed by atoms with Crippen LogP contribution in [0.15, 0.2) is 59.1 Å². The molecule has 1 heterocycles. The quantitative estimate of drug-likeness (QED) is 0.842. The van der Waals surface area contributed by atoms with Crippen molar-refractivity contribution < 1.29 is 9.18 Å². The SMILES string of the molecule is N#CC1=C(SCc2ccc(Cl)cc2)NC(=O)C[C@@H]1c1ccc(F)cc1. The van der Waals surface area contributed by atoms with Crippen molar-refractivity contribution >= 4 is 29.3 Å². The zero-order valence-corrected chi connectivity index (χ0v) is 14.7. The van der Waals surface area contributed by atoms with Crippen molar-refractivity contribution in [2.75, 3.05) is 0 Å². The summed E-state index contributed by atoms with van der Waals surface area (Å²) >= 11 is 7.28. The lowest BCUT2D eigenvalue weighted by molar-refractivity contribution is -0.120. The molecule has 1 aliphatic heterocycles. The monoisotopic (exact) mass is 372 g/mol. The molecule has 0 saturated heterocycles. The molecule has 0 aromatic heterocycles. The molecule has 6 heteroatoms. The summed E-state index contributed by atoms with van der Waals surface area (Å²) in [5.41, 5.74) is 2.31. The van der Waals surface area contributed by atoms with Gasteiger partial charge in [0.05, 0.1) is 16.7 Å². The lowest BCUT2D eigenvalue weighted by Crippen LogP contribution is -2.30. The van der Waals surface area contributed by atoms with Crippen molar-refractivity contribution in [2.45, 2.75) is 18.1 Å². The van der Waals surface area contributed by atoms with Gasteiger partial charge in [-0.2, -0.15) is 5.26 Å². The number of allylic oxidation sites excluding steroid dienone is 1. The van der Waals surface area contributed by atoms with E-state index in [1.165, 1.54) is 23.9 Å². The number of nitrogens with zero attached hydrogens (tertiary/aromatic N) is 1. The average Bonchev–Trinajstić information content (AvgIpc) is 2.61. The zero-order chi connectivity index (χ0) is 17.8. The van der Waals surface area contributed by atoms with Crippen LogP contribution in [0.1, 0.15) is 23.5 Å². The van der Waals surface area contributed by atoms with E-state index in [1.54, 1.807) is 24.3 Å². The van der Waals surface area contributed by atoms with E-state index in [2.05, 4.69) is 11.4 Å². The van der Waals surface area contributed by atoms with Crippen molar-refractivity contribution in [3.05, 3.63) is 81.1 Å². The van der Waals surface area contributed by atoms with Gasteiger partial charge in [-0.05, 0) is 35.4 Å². The normalized spacial score (nSPS) is 17.2. The van der Waals surface area contributed by atoms with E-state index in [4.69, 9.17) is 11.6 Å². The van der Waals surface area contributed by atoms with Gasteiger partial charge in [-0.3, -0.25) is 4.79 Å². The van der Waals surface area contributed by atoms with Gasteiger partial charge >= 0.3 is 0 Å². The molecule has 1 aliphatic rings. The second-order valence-electron chi connectivity index (χ2n) is 5.63. The molecule has 3 rings (SSSR count). The first-order valence-corrected chi connectivity index (χ1v) is 9.00. The highest BCUT2D eigenvalue weighted by molar-refractivity contribution is 8.02. The van der Waals surface area contributed by atoms with E-state index in [0.29, 0.717) is 21.4 Å². The molecule has 0 radical (unpaired) electrons. The molecule has 0 aliphatic carbocycles. The van der Waals surface area contributed by atoms with Crippen LogP contribution >= 0.6 is 23.4 Å². The van der Waals surface area contributed by atoms with Gasteiger partial charge in [0.2, 0.25) is 5.91 Å². The minimum absolute atomic E-state index is 0.146. The number of nitrogens with one attached hydrogen (secondary N) is 1. The van der Waals surface area contributed by atoms with Gasteiger partial charge in [0.1, 0.15) is 5.82 Å². The Hall–Kier alpha value is -2.29. The average molecular weight is 373 g/mol. The molecule has 2 aromatic carbocycles. The van der Waals surface area contributed by atoms with E-state index in [-0.39, 0.29) is 24.1 Å². The molecular weight excluding hydrogens is 359 g/mol. The number of hydrogen-bond donors (Lipinski definition) is 1. The Balaban J connectivity index is 1.86. The third-order valence-corrected chi connectivity index (χ3v) is 5.27. The molecule has 0 fully saturated rings. The summed E-state index contributed by atoms with van der Waals surface area (Å²) in [5, 5.41) is 13.6. The predicted octanol–water partition coefficient (Wildman–Crippen LogP) is 4.75. The molecule has 2 aromatic rings. The first kappa shape index (κ1) is 17.5. The van der Waals surface area contributed by atoms with E-state index in [1.807, 2.05) is 12.1 Å². The number of hydrogen-bond acceptors (Lipinski definition) is 3. The molecule has 0 unspecified atom stereocenters. The maximum atomic E-state index is 13.2. The second-order valence-corrected chi connectivity index (χ2v) is 7.05. The van der Waals surface area contributed by atoms with Gasteiger partial charge in [0, 0.05) is 23.1 Å². The number of thioether (sulfide) groups is 1. The number of amides is 1. The van der Waals surface area contributed by atoms with Crippen LogP contribution in [0.5, 0.6) is 0 Å². The van der Waals surface area contributed by atoms with Crippen LogP contribution in [0.3, 0.4) is 0 Å². The Morgan fingerprint density at radius 3 is 2.52 bits per heavy atom. The highest BCUT2D eigenvalue weighted by atomic mass is 35.5. The summed E-state index contributed by atoms with van der Waals surface area (Å²) in [7, 11) is 0. The molecule has 3 nitrogen and oxygen atoms in total. The minimum Gasteiger partial charge on any atom is -0.320 e. The highest BCUT2D eigenvalue weighted by Gasteiger charge is 2.29. The van der Waals surface area contributed by atoms with Crippen molar-refractivity contribution in [1.29, 1.82) is 5.26 Å². The zero-order valence-electron chi connectivity index (χ0n) is 13.1. The van der Waals surface area contributed by atoms with Gasteiger partial charge in [0.15, 0.2) is 0 Å². The van der Waals surface area contributed by atoms with E-state index in [9.17, 15) is 14.4 Å². The van der Waals surface area contributed by atoms with Crippen molar-refractivity contribution in [3.63, 3.8) is 0 Å². The molecule has 1 N–H and O–H groups in total. The van der Waals surface area contributed by atoms with Crippen molar-refractivity contribution in [1.82, 2.24) is 5.32 Å². The molecule has 0 saturated carbocycles. The van der Waals surface area contributed by atoms with Gasteiger partial charge in [0.25, 0.3) is 0 Å². The van der Waals surface area contributed by atoms with Crippen molar-refractivity contribution in [3.8, 4) is 6.07 Å². The van der Waals surface area contributed by atoms with Crippen molar-refractivity contribution in [2.24, 2.45) is 0 Å². The molecule has 0 spiro atoms. The summed E-state index contributed by atoms with van der Waals surface area (Å²) in [4.78, 5) is 12.1. The fourth-order valence-electron chi connectivity index (χ4n) is 2.65. The fraction of sp³-hybridized carbons (Fsp3) is 0.158. The van der Waals surface area contributed by atoms with Crippen LogP contribution < -0.4 is 5.32 Å². The number of carbonyl (C=O) groups is 1. The Morgan fingerprint density at radius 1 is 1.20 bits per heavy atom. The van der Waals surface area contributed by atoms with Crippen LogP contribution in [0, 0.1) is 17.1 Å². The number of halogens is 2. The van der Waals surface area contributed by atoms with Gasteiger partial charge in [-0.1, -0.05) is 35.9 Å². The van der Waals surface area contributed by atoms with Crippen LogP contribution in [-0.2, 0) is 10.5 Å². The minimum atomic E-state index is -0.355. The van der Waals surface area contributed by atoms with Crippen LogP contribution in [0.25, 0.3) is 0 Å². The Labute approximate surface area is 154 Å². The van der Waals surface area contributed by atoms with E-state index >= 15 is 0 Å². The van der Waals surface area contributed by atoms with E-state index in [0.717, 1.165) is 11.1 Å². The Morgan fingerprint density at radius 2 is 1.88 bits per heavy atom. The molecule has 0 bridgehead atoms. The number of nitriles is 1. The predicted molar refractivity (Wildman–Crippen MR) is 97.3 cm³/mol. The van der Waals surface area contributed by atoms with Gasteiger partial charge in [-0.15, -0.1) is 11.8 Å². The maximum Gasteiger partial charge on any atom is 0.225 e. The first-order chi connectivity index (χ1) is 12.1.